The van der Waals surface area contributed by atoms with Crippen molar-refractivity contribution < 1.29 is 17.9 Å². The Kier molecular flexibility index (Phi) is 7.33. The molecule has 7 heteroatoms. The molecule has 0 aliphatic rings. The molecular weight excluding hydrogens is 424 g/mol. The van der Waals surface area contributed by atoms with Gasteiger partial charge >= 0.3 is 0 Å². The molecule has 0 spiro atoms. The first-order valence-electron chi connectivity index (χ1n) is 10.3. The Labute approximate surface area is 189 Å². The van der Waals surface area contributed by atoms with Crippen LogP contribution in [0.15, 0.2) is 77.7 Å². The third-order valence-corrected chi connectivity index (χ3v) is 6.38. The van der Waals surface area contributed by atoms with E-state index in [9.17, 15) is 13.2 Å². The van der Waals surface area contributed by atoms with Gasteiger partial charge in [-0.25, -0.2) is 8.42 Å². The zero-order chi connectivity index (χ0) is 23.3. The van der Waals surface area contributed by atoms with E-state index in [2.05, 4.69) is 10.0 Å². The predicted molar refractivity (Wildman–Crippen MR) is 125 cm³/mol. The summed E-state index contributed by atoms with van der Waals surface area (Å²) in [5.74, 6) is -0.0905. The minimum absolute atomic E-state index is 0.0137. The Morgan fingerprint density at radius 1 is 0.906 bits per heavy atom. The van der Waals surface area contributed by atoms with Gasteiger partial charge in [0.25, 0.3) is 5.91 Å². The molecule has 1 atom stereocenters. The quantitative estimate of drug-likeness (QED) is 0.536. The summed E-state index contributed by atoms with van der Waals surface area (Å²) in [6.07, 6.45) is 0. The Morgan fingerprint density at radius 3 is 2.12 bits per heavy atom. The molecule has 0 aliphatic heterocycles. The number of nitrogens with one attached hydrogen (secondary N) is 2. The largest absolute Gasteiger partial charge is 0.496 e. The number of carbonyl (C=O) groups excluding carboxylic acids is 1. The van der Waals surface area contributed by atoms with Gasteiger partial charge in [0.1, 0.15) is 5.75 Å². The van der Waals surface area contributed by atoms with Crippen LogP contribution in [0.4, 0.5) is 0 Å². The lowest BCUT2D eigenvalue weighted by Gasteiger charge is -2.21. The van der Waals surface area contributed by atoms with E-state index >= 15 is 0 Å². The van der Waals surface area contributed by atoms with Gasteiger partial charge in [-0.05, 0) is 50.1 Å². The van der Waals surface area contributed by atoms with Crippen molar-refractivity contribution in [2.24, 2.45) is 0 Å². The lowest BCUT2D eigenvalue weighted by Crippen LogP contribution is -2.32. The Balaban J connectivity index is 2.01. The fraction of sp³-hybridized carbons (Fsp3) is 0.240. The monoisotopic (exact) mass is 452 g/mol. The molecule has 0 bridgehead atoms. The van der Waals surface area contributed by atoms with E-state index in [1.54, 1.807) is 0 Å². The summed E-state index contributed by atoms with van der Waals surface area (Å²) in [5, 5.41) is 2.78. The van der Waals surface area contributed by atoms with Crippen molar-refractivity contribution in [1.82, 2.24) is 10.0 Å². The van der Waals surface area contributed by atoms with Crippen LogP contribution in [0.5, 0.6) is 5.75 Å². The molecule has 3 aromatic carbocycles. The highest BCUT2D eigenvalue weighted by Gasteiger charge is 2.25. The fourth-order valence-electron chi connectivity index (χ4n) is 3.33. The Hall–Kier alpha value is -3.16. The minimum Gasteiger partial charge on any atom is -0.496 e. The number of amides is 1. The first-order valence-corrected chi connectivity index (χ1v) is 11.8. The molecule has 0 aliphatic carbocycles. The average molecular weight is 453 g/mol. The van der Waals surface area contributed by atoms with Gasteiger partial charge < -0.3 is 10.1 Å². The average Bonchev–Trinajstić information content (AvgIpc) is 2.78. The predicted octanol–water partition coefficient (Wildman–Crippen LogP) is 4.21. The van der Waals surface area contributed by atoms with E-state index in [0.29, 0.717) is 5.75 Å². The van der Waals surface area contributed by atoms with E-state index in [1.807, 2.05) is 75.4 Å². The summed E-state index contributed by atoms with van der Waals surface area (Å²) in [6.45, 7) is 5.64. The van der Waals surface area contributed by atoms with Crippen molar-refractivity contribution >= 4 is 15.9 Å². The molecule has 0 heterocycles. The molecular formula is C25H28N2O4S. The van der Waals surface area contributed by atoms with Gasteiger partial charge in [0.15, 0.2) is 0 Å². The summed E-state index contributed by atoms with van der Waals surface area (Å²) in [5.41, 5.74) is 2.87. The van der Waals surface area contributed by atoms with E-state index in [1.165, 1.54) is 25.3 Å². The van der Waals surface area contributed by atoms with Crippen molar-refractivity contribution in [3.8, 4) is 5.75 Å². The Bertz CT molecular complexity index is 1170. The van der Waals surface area contributed by atoms with Crippen molar-refractivity contribution in [1.29, 1.82) is 0 Å². The highest BCUT2D eigenvalue weighted by atomic mass is 32.2. The maximum Gasteiger partial charge on any atom is 0.255 e. The van der Waals surface area contributed by atoms with E-state index in [-0.39, 0.29) is 16.5 Å². The summed E-state index contributed by atoms with van der Waals surface area (Å²) in [6, 6.07) is 20.7. The second kappa shape index (κ2) is 9.97. The van der Waals surface area contributed by atoms with E-state index < -0.39 is 22.0 Å². The molecule has 0 fully saturated rings. The second-order valence-electron chi connectivity index (χ2n) is 7.87. The molecule has 0 aromatic heterocycles. The number of rotatable bonds is 8. The second-order valence-corrected chi connectivity index (χ2v) is 9.58. The topological polar surface area (TPSA) is 84.5 Å². The van der Waals surface area contributed by atoms with Crippen LogP contribution in [-0.4, -0.2) is 27.5 Å². The first-order chi connectivity index (χ1) is 15.2. The zero-order valence-electron chi connectivity index (χ0n) is 18.6. The molecule has 3 aromatic rings. The number of sulfonamides is 1. The van der Waals surface area contributed by atoms with Crippen LogP contribution >= 0.6 is 0 Å². The lowest BCUT2D eigenvalue weighted by molar-refractivity contribution is 0.0940. The summed E-state index contributed by atoms with van der Waals surface area (Å²) >= 11 is 0. The minimum atomic E-state index is -3.96. The van der Waals surface area contributed by atoms with Crippen LogP contribution < -0.4 is 14.8 Å². The van der Waals surface area contributed by atoms with Gasteiger partial charge in [0.2, 0.25) is 10.0 Å². The maximum atomic E-state index is 13.4. The number of carbonyl (C=O) groups is 1. The third kappa shape index (κ3) is 5.55. The van der Waals surface area contributed by atoms with Crippen molar-refractivity contribution in [3.05, 3.63) is 95.1 Å². The standard InChI is InChI=1S/C25H28N2O4S/c1-17(2)26-25(28)22-16-21(14-15-23(22)31-4)32(29,30)27-24(19-8-6-5-7-9-19)20-12-10-18(3)11-13-20/h5-17,24,27H,1-4H3,(H,26,28)/t24-/m1/s1. The van der Waals surface area contributed by atoms with Crippen molar-refractivity contribution in [2.45, 2.75) is 37.8 Å². The third-order valence-electron chi connectivity index (χ3n) is 4.96. The molecule has 1 amide bonds. The molecule has 2 N–H and O–H groups in total. The molecule has 32 heavy (non-hydrogen) atoms. The smallest absolute Gasteiger partial charge is 0.255 e. The van der Waals surface area contributed by atoms with Gasteiger partial charge in [-0.2, -0.15) is 4.72 Å². The Morgan fingerprint density at radius 2 is 1.53 bits per heavy atom. The van der Waals surface area contributed by atoms with Crippen LogP contribution in [0.25, 0.3) is 0 Å². The highest BCUT2D eigenvalue weighted by Crippen LogP contribution is 2.27. The molecule has 3 rings (SSSR count). The van der Waals surface area contributed by atoms with Crippen LogP contribution in [0.1, 0.15) is 46.9 Å². The summed E-state index contributed by atoms with van der Waals surface area (Å²) in [4.78, 5) is 12.6. The number of ether oxygens (including phenoxy) is 1. The normalized spacial score (nSPS) is 12.4. The SMILES string of the molecule is COc1ccc(S(=O)(=O)N[C@H](c2ccccc2)c2ccc(C)cc2)cc1C(=O)NC(C)C. The first kappa shape index (κ1) is 23.5. The van der Waals surface area contributed by atoms with Crippen LogP contribution in [0, 0.1) is 6.92 Å². The number of methoxy groups -OCH3 is 1. The molecule has 0 saturated carbocycles. The zero-order valence-corrected chi connectivity index (χ0v) is 19.4. The van der Waals surface area contributed by atoms with Gasteiger partial charge in [-0.15, -0.1) is 0 Å². The number of hydrogen-bond acceptors (Lipinski definition) is 4. The van der Waals surface area contributed by atoms with E-state index in [4.69, 9.17) is 4.74 Å². The number of aryl methyl sites for hydroxylation is 1. The molecule has 168 valence electrons. The molecule has 6 nitrogen and oxygen atoms in total. The van der Waals surface area contributed by atoms with Crippen LogP contribution in [-0.2, 0) is 10.0 Å². The van der Waals surface area contributed by atoms with Crippen LogP contribution in [0.2, 0.25) is 0 Å². The lowest BCUT2D eigenvalue weighted by atomic mass is 9.99. The van der Waals surface area contributed by atoms with Crippen molar-refractivity contribution in [2.75, 3.05) is 7.11 Å². The number of benzene rings is 3. The van der Waals surface area contributed by atoms with Crippen LogP contribution in [0.3, 0.4) is 0 Å². The molecule has 0 unspecified atom stereocenters. The van der Waals surface area contributed by atoms with Gasteiger partial charge in [0.05, 0.1) is 23.6 Å². The van der Waals surface area contributed by atoms with Gasteiger partial charge in [-0.1, -0.05) is 60.2 Å². The fourth-order valence-corrected chi connectivity index (χ4v) is 4.57. The number of hydrogen-bond donors (Lipinski definition) is 2. The highest BCUT2D eigenvalue weighted by molar-refractivity contribution is 7.89. The summed E-state index contributed by atoms with van der Waals surface area (Å²) < 4.78 is 34.8. The maximum absolute atomic E-state index is 13.4. The van der Waals surface area contributed by atoms with Crippen molar-refractivity contribution in [3.63, 3.8) is 0 Å². The van der Waals surface area contributed by atoms with Gasteiger partial charge in [0, 0.05) is 6.04 Å². The summed E-state index contributed by atoms with van der Waals surface area (Å²) in [7, 11) is -2.52. The van der Waals surface area contributed by atoms with Gasteiger partial charge in [-0.3, -0.25) is 4.79 Å². The van der Waals surface area contributed by atoms with E-state index in [0.717, 1.165) is 16.7 Å². The molecule has 0 saturated heterocycles. The molecule has 0 radical (unpaired) electrons.